The van der Waals surface area contributed by atoms with Gasteiger partial charge in [-0.2, -0.15) is 0 Å². The molecule has 2 aromatic rings. The average Bonchev–Trinajstić information content (AvgIpc) is 3.19. The van der Waals surface area contributed by atoms with Crippen molar-refractivity contribution in [2.75, 3.05) is 19.1 Å². The molecule has 0 bridgehead atoms. The van der Waals surface area contributed by atoms with Crippen molar-refractivity contribution >= 4 is 42.2 Å². The van der Waals surface area contributed by atoms with Gasteiger partial charge in [-0.05, 0) is 20.8 Å². The number of phosphoric acid groups is 1. The van der Waals surface area contributed by atoms with Crippen molar-refractivity contribution in [3.8, 4) is 0 Å². The molecule has 15 heteroatoms. The van der Waals surface area contributed by atoms with E-state index in [0.717, 1.165) is 11.3 Å². The van der Waals surface area contributed by atoms with Gasteiger partial charge in [-0.25, -0.2) is 18.9 Å². The topological polar surface area (TPSA) is 182 Å². The molecular weight excluding hydrogens is 469 g/mol. The van der Waals surface area contributed by atoms with Crippen molar-refractivity contribution in [2.45, 2.75) is 50.8 Å². The lowest BCUT2D eigenvalue weighted by Crippen LogP contribution is -2.46. The number of phosphoric ester groups is 1. The van der Waals surface area contributed by atoms with Gasteiger partial charge in [-0.3, -0.25) is 18.8 Å². The number of nitrogens with zero attached hydrogens (tertiary/aromatic N) is 1. The van der Waals surface area contributed by atoms with Crippen molar-refractivity contribution in [3.05, 3.63) is 20.6 Å². The number of aromatic amines is 1. The van der Waals surface area contributed by atoms with Crippen LogP contribution in [0.5, 0.6) is 0 Å². The summed E-state index contributed by atoms with van der Waals surface area (Å²) in [6.07, 6.45) is -4.28. The Morgan fingerprint density at radius 3 is 3.00 bits per heavy atom. The van der Waals surface area contributed by atoms with Gasteiger partial charge >= 0.3 is 14.0 Å². The maximum absolute atomic E-state index is 12.8. The molecular formula is C17H22N3O10PS. The molecule has 2 saturated heterocycles. The Morgan fingerprint density at radius 1 is 1.53 bits per heavy atom. The van der Waals surface area contributed by atoms with Crippen LogP contribution in [0.4, 0.5) is 10.7 Å². The normalized spacial score (nSPS) is 32.2. The Hall–Kier alpha value is -2.06. The smallest absolute Gasteiger partial charge is 0.432 e. The number of carbonyl (C=O) groups is 1. The molecule has 32 heavy (non-hydrogen) atoms. The number of H-pyrrole nitrogens is 1. The summed E-state index contributed by atoms with van der Waals surface area (Å²) in [5.74, 6) is -0.0781. The molecule has 0 saturated carbocycles. The second kappa shape index (κ2) is 8.37. The van der Waals surface area contributed by atoms with Gasteiger partial charge in [0.1, 0.15) is 23.9 Å². The molecule has 5 atom stereocenters. The zero-order valence-electron chi connectivity index (χ0n) is 17.3. The molecule has 0 radical (unpaired) electrons. The highest BCUT2D eigenvalue weighted by molar-refractivity contribution is 7.48. The standard InChI is InChI=1S/C17H22N3O10PS/c1-7(2)28-16(22)25-6-27-31(24)26-4-9-12(30-31)17(3,23)13(29-9)11-10-8(5-32-11)14(21)20-15(18)19-10/h5,7,9,12-13,23H,4,6H2,1-3H3,(H3,18,19,20,21)/t9-,12-,13+,17-,31?/m1/s1. The highest BCUT2D eigenvalue weighted by Crippen LogP contribution is 2.59. The number of fused-ring (bicyclic) bond motifs is 2. The van der Waals surface area contributed by atoms with Crippen LogP contribution in [-0.2, 0) is 32.3 Å². The third-order valence-electron chi connectivity index (χ3n) is 4.86. The first-order chi connectivity index (χ1) is 15.0. The summed E-state index contributed by atoms with van der Waals surface area (Å²) in [4.78, 5) is 30.6. The number of nitrogens with one attached hydrogen (secondary N) is 1. The number of anilines is 1. The number of rotatable bonds is 5. The minimum atomic E-state index is -4.18. The predicted molar refractivity (Wildman–Crippen MR) is 110 cm³/mol. The third kappa shape index (κ3) is 4.27. The minimum Gasteiger partial charge on any atom is -0.432 e. The molecule has 13 nitrogen and oxygen atoms in total. The summed E-state index contributed by atoms with van der Waals surface area (Å²) in [6, 6.07) is 0. The summed E-state index contributed by atoms with van der Waals surface area (Å²) < 4.78 is 43.8. The average molecular weight is 491 g/mol. The van der Waals surface area contributed by atoms with Crippen molar-refractivity contribution in [2.24, 2.45) is 0 Å². The zero-order valence-corrected chi connectivity index (χ0v) is 19.0. The van der Waals surface area contributed by atoms with E-state index in [1.165, 1.54) is 6.92 Å². The summed E-state index contributed by atoms with van der Waals surface area (Å²) in [5.41, 5.74) is 3.84. The summed E-state index contributed by atoms with van der Waals surface area (Å²) >= 11 is 1.16. The quantitative estimate of drug-likeness (QED) is 0.314. The maximum Gasteiger partial charge on any atom is 0.510 e. The van der Waals surface area contributed by atoms with E-state index < -0.39 is 56.3 Å². The van der Waals surface area contributed by atoms with Gasteiger partial charge < -0.3 is 25.1 Å². The van der Waals surface area contributed by atoms with Crippen LogP contribution in [0.3, 0.4) is 0 Å². The SMILES string of the molecule is CC(C)OC(=O)OCOP1(=O)OC[C@H]2O[C@@H](c3scc4c(=O)[nH]c(N)nc34)[C@](C)(O)[C@@H]2O1. The maximum atomic E-state index is 12.8. The Morgan fingerprint density at radius 2 is 2.28 bits per heavy atom. The first-order valence-corrected chi connectivity index (χ1v) is 11.9. The molecule has 0 aromatic carbocycles. The van der Waals surface area contributed by atoms with Crippen molar-refractivity contribution in [3.63, 3.8) is 0 Å². The largest absolute Gasteiger partial charge is 0.510 e. The van der Waals surface area contributed by atoms with Gasteiger partial charge in [0.2, 0.25) is 12.7 Å². The van der Waals surface area contributed by atoms with Crippen LogP contribution in [-0.4, -0.2) is 58.5 Å². The molecule has 2 aliphatic rings. The first kappa shape index (κ1) is 23.1. The molecule has 2 fully saturated rings. The lowest BCUT2D eigenvalue weighted by atomic mass is 9.92. The predicted octanol–water partition coefficient (Wildman–Crippen LogP) is 1.82. The fraction of sp³-hybridized carbons (Fsp3) is 0.588. The van der Waals surface area contributed by atoms with Crippen LogP contribution in [0.1, 0.15) is 31.8 Å². The number of hydrogen-bond acceptors (Lipinski definition) is 13. The molecule has 0 aliphatic carbocycles. The molecule has 176 valence electrons. The fourth-order valence-corrected chi connectivity index (χ4v) is 5.95. The lowest BCUT2D eigenvalue weighted by molar-refractivity contribution is -0.0917. The summed E-state index contributed by atoms with van der Waals surface area (Å²) in [6.45, 7) is 3.75. The van der Waals surface area contributed by atoms with Crippen molar-refractivity contribution < 1.29 is 42.2 Å². The van der Waals surface area contributed by atoms with E-state index in [9.17, 15) is 19.3 Å². The van der Waals surface area contributed by atoms with Gasteiger partial charge in [-0.15, -0.1) is 11.3 Å². The van der Waals surface area contributed by atoms with E-state index in [0.29, 0.717) is 10.3 Å². The van der Waals surface area contributed by atoms with Crippen LogP contribution >= 0.6 is 19.2 Å². The van der Waals surface area contributed by atoms with Gasteiger partial charge in [0.05, 0.1) is 28.5 Å². The van der Waals surface area contributed by atoms with Crippen molar-refractivity contribution in [1.29, 1.82) is 0 Å². The minimum absolute atomic E-state index is 0.0781. The lowest BCUT2D eigenvalue weighted by Gasteiger charge is -2.34. The van der Waals surface area contributed by atoms with E-state index in [2.05, 4.69) is 14.7 Å². The highest BCUT2D eigenvalue weighted by Gasteiger charge is 2.60. The highest BCUT2D eigenvalue weighted by atomic mass is 32.1. The van der Waals surface area contributed by atoms with E-state index in [1.807, 2.05) is 0 Å². The molecule has 4 heterocycles. The van der Waals surface area contributed by atoms with Crippen LogP contribution in [0.25, 0.3) is 10.9 Å². The van der Waals surface area contributed by atoms with Gasteiger partial charge in [0.15, 0.2) is 0 Å². The number of nitrogens with two attached hydrogens (primary N) is 1. The monoisotopic (exact) mass is 491 g/mol. The van der Waals surface area contributed by atoms with E-state index >= 15 is 0 Å². The molecule has 4 rings (SSSR count). The number of aliphatic hydroxyl groups is 1. The summed E-state index contributed by atoms with van der Waals surface area (Å²) in [5, 5.41) is 13.1. The second-order valence-electron chi connectivity index (χ2n) is 7.67. The van der Waals surface area contributed by atoms with E-state index in [-0.39, 0.29) is 18.1 Å². The van der Waals surface area contributed by atoms with E-state index in [1.54, 1.807) is 19.2 Å². The van der Waals surface area contributed by atoms with Crippen LogP contribution in [0.15, 0.2) is 10.2 Å². The number of carbonyl (C=O) groups excluding carboxylic acids is 1. The molecule has 2 aromatic heterocycles. The molecule has 1 unspecified atom stereocenters. The fourth-order valence-electron chi connectivity index (χ4n) is 3.47. The van der Waals surface area contributed by atoms with Crippen LogP contribution in [0, 0.1) is 0 Å². The van der Waals surface area contributed by atoms with Crippen LogP contribution in [0.2, 0.25) is 0 Å². The molecule has 0 spiro atoms. The van der Waals surface area contributed by atoms with Gasteiger partial charge in [0, 0.05) is 5.38 Å². The number of aromatic nitrogens is 2. The van der Waals surface area contributed by atoms with Gasteiger partial charge in [0.25, 0.3) is 5.56 Å². The number of hydrogen-bond donors (Lipinski definition) is 3. The second-order valence-corrected chi connectivity index (χ2v) is 10.2. The third-order valence-corrected chi connectivity index (χ3v) is 7.25. The number of ether oxygens (including phenoxy) is 3. The first-order valence-electron chi connectivity index (χ1n) is 9.56. The Bertz CT molecular complexity index is 1130. The van der Waals surface area contributed by atoms with Crippen LogP contribution < -0.4 is 11.3 Å². The summed E-state index contributed by atoms with van der Waals surface area (Å²) in [7, 11) is -4.18. The Kier molecular flexibility index (Phi) is 6.05. The number of thiophene rings is 1. The van der Waals surface area contributed by atoms with Gasteiger partial charge in [-0.1, -0.05) is 0 Å². The molecule has 0 amide bonds. The molecule has 4 N–H and O–H groups in total. The van der Waals surface area contributed by atoms with Crippen molar-refractivity contribution in [1.82, 2.24) is 9.97 Å². The Labute approximate surface area is 185 Å². The molecule has 2 aliphatic heterocycles. The Balaban J connectivity index is 1.50. The zero-order chi connectivity index (χ0) is 23.3. The number of nitrogen functional groups attached to an aromatic ring is 1. The van der Waals surface area contributed by atoms with E-state index in [4.69, 9.17) is 28.8 Å².